The van der Waals surface area contributed by atoms with Crippen molar-refractivity contribution in [2.75, 3.05) is 33.3 Å². The lowest BCUT2D eigenvalue weighted by molar-refractivity contribution is -0.144. The Hall–Kier alpha value is -1.36. The number of rotatable bonds is 5. The fraction of sp³-hybridized carbons (Fsp3) is 0.778. The van der Waals surface area contributed by atoms with Gasteiger partial charge in [-0.2, -0.15) is 0 Å². The van der Waals surface area contributed by atoms with Gasteiger partial charge in [0.25, 0.3) is 0 Å². The molecule has 128 valence electrons. The molecule has 3 aliphatic rings. The third-order valence-electron chi connectivity index (χ3n) is 6.32. The van der Waals surface area contributed by atoms with E-state index < -0.39 is 0 Å². The lowest BCUT2D eigenvalue weighted by Crippen LogP contribution is -2.45. The molecule has 3 fully saturated rings. The highest BCUT2D eigenvalue weighted by molar-refractivity contribution is 5.88. The van der Waals surface area contributed by atoms with E-state index in [2.05, 4.69) is 13.5 Å². The van der Waals surface area contributed by atoms with Crippen LogP contribution in [0.2, 0.25) is 0 Å². The average Bonchev–Trinajstić information content (AvgIpc) is 2.99. The molecular weight excluding hydrogens is 292 g/mol. The van der Waals surface area contributed by atoms with Crippen molar-refractivity contribution in [3.63, 3.8) is 0 Å². The minimum Gasteiger partial charge on any atom is -0.378 e. The number of amides is 2. The molecule has 0 bridgehead atoms. The molecule has 0 N–H and O–H groups in total. The average molecular weight is 320 g/mol. The topological polar surface area (TPSA) is 49.9 Å². The SMILES string of the molecule is C=CCN1CC[C@]2(CN(C(=O)CC3(OC)CCC3)C[C@H]2C)C1=O. The molecule has 2 saturated heterocycles. The summed E-state index contributed by atoms with van der Waals surface area (Å²) >= 11 is 0. The van der Waals surface area contributed by atoms with E-state index in [1.54, 1.807) is 13.2 Å². The molecule has 2 amide bonds. The van der Waals surface area contributed by atoms with Crippen molar-refractivity contribution in [2.24, 2.45) is 11.3 Å². The van der Waals surface area contributed by atoms with Crippen molar-refractivity contribution in [2.45, 2.75) is 44.6 Å². The number of carbonyl (C=O) groups is 2. The van der Waals surface area contributed by atoms with E-state index in [1.165, 1.54) is 0 Å². The summed E-state index contributed by atoms with van der Waals surface area (Å²) in [4.78, 5) is 29.3. The minimum atomic E-state index is -0.376. The van der Waals surface area contributed by atoms with Gasteiger partial charge in [0, 0.05) is 33.3 Å². The van der Waals surface area contributed by atoms with Crippen LogP contribution in [0.15, 0.2) is 12.7 Å². The van der Waals surface area contributed by atoms with Gasteiger partial charge in [0.2, 0.25) is 11.8 Å². The second kappa shape index (κ2) is 5.93. The van der Waals surface area contributed by atoms with Crippen LogP contribution in [0.25, 0.3) is 0 Å². The van der Waals surface area contributed by atoms with Gasteiger partial charge in [-0.3, -0.25) is 9.59 Å². The Balaban J connectivity index is 1.68. The Morgan fingerprint density at radius 1 is 1.43 bits per heavy atom. The zero-order valence-corrected chi connectivity index (χ0v) is 14.3. The van der Waals surface area contributed by atoms with E-state index in [4.69, 9.17) is 4.74 Å². The Kier molecular flexibility index (Phi) is 4.25. The maximum Gasteiger partial charge on any atom is 0.231 e. The minimum absolute atomic E-state index is 0.144. The van der Waals surface area contributed by atoms with Gasteiger partial charge in [0.1, 0.15) is 0 Å². The number of ether oxygens (including phenoxy) is 1. The Labute approximate surface area is 138 Å². The van der Waals surface area contributed by atoms with Crippen LogP contribution in [0.3, 0.4) is 0 Å². The predicted molar refractivity (Wildman–Crippen MR) is 87.8 cm³/mol. The van der Waals surface area contributed by atoms with Crippen molar-refractivity contribution in [3.05, 3.63) is 12.7 Å². The summed E-state index contributed by atoms with van der Waals surface area (Å²) in [5, 5.41) is 0. The highest BCUT2D eigenvalue weighted by Crippen LogP contribution is 2.46. The third-order valence-corrected chi connectivity index (χ3v) is 6.32. The smallest absolute Gasteiger partial charge is 0.231 e. The largest absolute Gasteiger partial charge is 0.378 e. The molecule has 0 aromatic carbocycles. The second-order valence-corrected chi connectivity index (χ2v) is 7.54. The van der Waals surface area contributed by atoms with Crippen LogP contribution in [0.4, 0.5) is 0 Å². The maximum atomic E-state index is 12.8. The number of methoxy groups -OCH3 is 1. The van der Waals surface area contributed by atoms with E-state index in [1.807, 2.05) is 9.80 Å². The maximum absolute atomic E-state index is 12.8. The van der Waals surface area contributed by atoms with Gasteiger partial charge in [-0.05, 0) is 31.6 Å². The lowest BCUT2D eigenvalue weighted by atomic mass is 9.77. The zero-order chi connectivity index (χ0) is 16.7. The highest BCUT2D eigenvalue weighted by Gasteiger charge is 2.56. The van der Waals surface area contributed by atoms with Crippen molar-refractivity contribution >= 4 is 11.8 Å². The van der Waals surface area contributed by atoms with Crippen LogP contribution in [0, 0.1) is 11.3 Å². The molecule has 3 rings (SSSR count). The number of likely N-dealkylation sites (tertiary alicyclic amines) is 2. The van der Waals surface area contributed by atoms with Crippen LogP contribution >= 0.6 is 0 Å². The summed E-state index contributed by atoms with van der Waals surface area (Å²) in [6.07, 6.45) is 6.15. The monoisotopic (exact) mass is 320 g/mol. The Morgan fingerprint density at radius 2 is 2.17 bits per heavy atom. The highest BCUT2D eigenvalue weighted by atomic mass is 16.5. The van der Waals surface area contributed by atoms with E-state index in [9.17, 15) is 9.59 Å². The Bertz CT molecular complexity index is 509. The van der Waals surface area contributed by atoms with Crippen molar-refractivity contribution < 1.29 is 14.3 Å². The third kappa shape index (κ3) is 2.59. The molecule has 2 aliphatic heterocycles. The van der Waals surface area contributed by atoms with Crippen molar-refractivity contribution in [3.8, 4) is 0 Å². The number of hydrogen-bond acceptors (Lipinski definition) is 3. The van der Waals surface area contributed by atoms with Crippen LogP contribution in [-0.4, -0.2) is 60.5 Å². The lowest BCUT2D eigenvalue weighted by Gasteiger charge is -2.40. The van der Waals surface area contributed by atoms with Crippen LogP contribution < -0.4 is 0 Å². The molecule has 0 unspecified atom stereocenters. The zero-order valence-electron chi connectivity index (χ0n) is 14.3. The molecule has 0 aromatic heterocycles. The standard InChI is InChI=1S/C18H28N2O3/c1-4-9-19-10-8-18(16(19)22)13-20(12-14(18)2)15(21)11-17(23-3)6-5-7-17/h4,14H,1,5-13H2,2-3H3/t14-,18-/m1/s1. The van der Waals surface area contributed by atoms with Gasteiger partial charge in [0.15, 0.2) is 0 Å². The van der Waals surface area contributed by atoms with Gasteiger partial charge >= 0.3 is 0 Å². The van der Waals surface area contributed by atoms with Gasteiger partial charge in [-0.15, -0.1) is 6.58 Å². The predicted octanol–water partition coefficient (Wildman–Crippen LogP) is 1.83. The molecule has 0 aromatic rings. The summed E-state index contributed by atoms with van der Waals surface area (Å²) in [6.45, 7) is 8.48. The molecule has 1 spiro atoms. The number of nitrogens with zero attached hydrogens (tertiary/aromatic N) is 2. The van der Waals surface area contributed by atoms with Crippen LogP contribution in [0.5, 0.6) is 0 Å². The second-order valence-electron chi connectivity index (χ2n) is 7.54. The fourth-order valence-electron chi connectivity index (χ4n) is 4.46. The number of carbonyl (C=O) groups excluding carboxylic acids is 2. The summed E-state index contributed by atoms with van der Waals surface area (Å²) in [7, 11) is 1.70. The fourth-order valence-corrected chi connectivity index (χ4v) is 4.46. The molecule has 5 nitrogen and oxygen atoms in total. The van der Waals surface area contributed by atoms with E-state index in [0.717, 1.165) is 32.2 Å². The summed E-state index contributed by atoms with van der Waals surface area (Å²) in [5.41, 5.74) is -0.622. The first-order valence-corrected chi connectivity index (χ1v) is 8.69. The van der Waals surface area contributed by atoms with Crippen LogP contribution in [0.1, 0.15) is 39.0 Å². The van der Waals surface area contributed by atoms with Gasteiger partial charge in [0.05, 0.1) is 17.4 Å². The van der Waals surface area contributed by atoms with Gasteiger partial charge in [-0.25, -0.2) is 0 Å². The van der Waals surface area contributed by atoms with Crippen molar-refractivity contribution in [1.29, 1.82) is 0 Å². The van der Waals surface area contributed by atoms with Crippen LogP contribution in [-0.2, 0) is 14.3 Å². The molecule has 1 saturated carbocycles. The molecule has 2 heterocycles. The van der Waals surface area contributed by atoms with Crippen molar-refractivity contribution in [1.82, 2.24) is 9.80 Å². The first-order valence-electron chi connectivity index (χ1n) is 8.69. The summed E-state index contributed by atoms with van der Waals surface area (Å²) in [5.74, 6) is 0.559. The first kappa shape index (κ1) is 16.5. The summed E-state index contributed by atoms with van der Waals surface area (Å²) < 4.78 is 5.58. The molecular formula is C18H28N2O3. The molecule has 23 heavy (non-hydrogen) atoms. The van der Waals surface area contributed by atoms with E-state index >= 15 is 0 Å². The molecule has 5 heteroatoms. The Morgan fingerprint density at radius 3 is 2.74 bits per heavy atom. The molecule has 1 aliphatic carbocycles. The van der Waals surface area contributed by atoms with Gasteiger partial charge < -0.3 is 14.5 Å². The molecule has 0 radical (unpaired) electrons. The molecule has 2 atom stereocenters. The van der Waals surface area contributed by atoms with Gasteiger partial charge in [-0.1, -0.05) is 13.0 Å². The van der Waals surface area contributed by atoms with E-state index in [-0.39, 0.29) is 28.7 Å². The normalized spacial score (nSPS) is 32.4. The summed E-state index contributed by atoms with van der Waals surface area (Å²) in [6, 6.07) is 0. The number of hydrogen-bond donors (Lipinski definition) is 0. The quantitative estimate of drug-likeness (QED) is 0.726. The van der Waals surface area contributed by atoms with E-state index in [0.29, 0.717) is 26.1 Å². The first-order chi connectivity index (χ1) is 11.0.